The van der Waals surface area contributed by atoms with Crippen LogP contribution in [0.4, 0.5) is 5.69 Å². The van der Waals surface area contributed by atoms with Crippen molar-refractivity contribution in [2.75, 3.05) is 5.32 Å². The Balaban J connectivity index is 1.73. The van der Waals surface area contributed by atoms with Gasteiger partial charge in [-0.25, -0.2) is 4.98 Å². The molecular weight excluding hydrogens is 330 g/mol. The molecule has 0 spiro atoms. The molecule has 1 aromatic carbocycles. The Morgan fingerprint density at radius 2 is 2.00 bits per heavy atom. The largest absolute Gasteiger partial charge is 0.325 e. The van der Waals surface area contributed by atoms with Crippen molar-refractivity contribution in [3.63, 3.8) is 0 Å². The number of aryl methyl sites for hydroxylation is 2. The van der Waals surface area contributed by atoms with Gasteiger partial charge in [-0.15, -0.1) is 0 Å². The predicted molar refractivity (Wildman–Crippen MR) is 86.4 cm³/mol. The molecule has 1 aromatic heterocycles. The van der Waals surface area contributed by atoms with Gasteiger partial charge >= 0.3 is 0 Å². The van der Waals surface area contributed by atoms with Crippen LogP contribution in [-0.2, 0) is 24.2 Å². The lowest BCUT2D eigenvalue weighted by Gasteiger charge is -2.14. The number of hydrogen-bond acceptors (Lipinski definition) is 2. The number of hydrogen-bond donors (Lipinski definition) is 1. The first-order valence-electron chi connectivity index (χ1n) is 7.24. The Bertz CT molecular complexity index is 661. The molecule has 0 saturated carbocycles. The second-order valence-corrected chi connectivity index (χ2v) is 6.32. The van der Waals surface area contributed by atoms with Crippen molar-refractivity contribution < 1.29 is 4.79 Å². The van der Waals surface area contributed by atoms with Gasteiger partial charge in [-0.2, -0.15) is 0 Å². The van der Waals surface area contributed by atoms with E-state index < -0.39 is 0 Å². The van der Waals surface area contributed by atoms with Gasteiger partial charge in [-0.1, -0.05) is 15.9 Å². The molecule has 21 heavy (non-hydrogen) atoms. The number of fused-ring (bicyclic) bond motifs is 1. The Morgan fingerprint density at radius 3 is 2.76 bits per heavy atom. The van der Waals surface area contributed by atoms with Crippen LogP contribution in [0.25, 0.3) is 0 Å². The molecule has 0 aliphatic heterocycles. The van der Waals surface area contributed by atoms with E-state index in [0.29, 0.717) is 6.54 Å². The number of rotatable bonds is 3. The number of imidazole rings is 1. The fourth-order valence-corrected chi connectivity index (χ4v) is 3.09. The molecule has 0 unspecified atom stereocenters. The third-order valence-corrected chi connectivity index (χ3v) is 4.38. The fraction of sp³-hybridized carbons (Fsp3) is 0.375. The van der Waals surface area contributed by atoms with Crippen LogP contribution in [0.3, 0.4) is 0 Å². The van der Waals surface area contributed by atoms with Gasteiger partial charge in [-0.05, 0) is 56.9 Å². The van der Waals surface area contributed by atoms with Crippen LogP contribution in [-0.4, -0.2) is 15.5 Å². The van der Waals surface area contributed by atoms with Gasteiger partial charge in [0.25, 0.3) is 0 Å². The van der Waals surface area contributed by atoms with Crippen molar-refractivity contribution >= 4 is 27.5 Å². The van der Waals surface area contributed by atoms with Crippen LogP contribution in [0.5, 0.6) is 0 Å². The quantitative estimate of drug-likeness (QED) is 0.923. The summed E-state index contributed by atoms with van der Waals surface area (Å²) < 4.78 is 3.06. The van der Waals surface area contributed by atoms with Gasteiger partial charge in [0.05, 0.1) is 5.69 Å². The van der Waals surface area contributed by atoms with E-state index in [1.807, 2.05) is 31.2 Å². The number of benzene rings is 1. The first-order valence-corrected chi connectivity index (χ1v) is 8.03. The zero-order chi connectivity index (χ0) is 14.8. The highest BCUT2D eigenvalue weighted by molar-refractivity contribution is 9.10. The summed E-state index contributed by atoms with van der Waals surface area (Å²) in [7, 11) is 0. The van der Waals surface area contributed by atoms with Crippen LogP contribution in [0, 0.1) is 6.92 Å². The second-order valence-electron chi connectivity index (χ2n) is 5.40. The van der Waals surface area contributed by atoms with Crippen LogP contribution in [0.1, 0.15) is 30.1 Å². The Labute approximate surface area is 132 Å². The molecule has 3 rings (SSSR count). The number of nitrogens with one attached hydrogen (secondary N) is 1. The first kappa shape index (κ1) is 14.3. The van der Waals surface area contributed by atoms with E-state index in [4.69, 9.17) is 0 Å². The number of carbonyl (C=O) groups excluding carboxylic acids is 1. The summed E-state index contributed by atoms with van der Waals surface area (Å²) in [5.41, 5.74) is 3.23. The maximum Gasteiger partial charge on any atom is 0.244 e. The van der Waals surface area contributed by atoms with Gasteiger partial charge in [0.15, 0.2) is 0 Å². The lowest BCUT2D eigenvalue weighted by atomic mass is 10.0. The normalized spacial score (nSPS) is 13.8. The van der Waals surface area contributed by atoms with Crippen molar-refractivity contribution in [1.29, 1.82) is 0 Å². The van der Waals surface area contributed by atoms with E-state index in [1.54, 1.807) is 0 Å². The average molecular weight is 348 g/mol. The minimum Gasteiger partial charge on any atom is -0.325 e. The summed E-state index contributed by atoms with van der Waals surface area (Å²) >= 11 is 3.39. The molecule has 0 bridgehead atoms. The van der Waals surface area contributed by atoms with Crippen molar-refractivity contribution in [2.45, 2.75) is 39.2 Å². The van der Waals surface area contributed by atoms with Crippen LogP contribution in [0.15, 0.2) is 28.7 Å². The van der Waals surface area contributed by atoms with E-state index in [-0.39, 0.29) is 5.91 Å². The molecule has 0 fully saturated rings. The van der Waals surface area contributed by atoms with E-state index in [9.17, 15) is 4.79 Å². The second kappa shape index (κ2) is 6.02. The molecule has 0 atom stereocenters. The molecule has 2 aromatic rings. The van der Waals surface area contributed by atoms with E-state index in [1.165, 1.54) is 24.2 Å². The van der Waals surface area contributed by atoms with Crippen LogP contribution >= 0.6 is 15.9 Å². The van der Waals surface area contributed by atoms with Crippen LogP contribution < -0.4 is 5.32 Å². The monoisotopic (exact) mass is 347 g/mol. The standard InChI is InChI=1S/C16H18BrN3O/c1-11-18-14-4-2-3-5-15(14)20(11)10-16(21)19-13-8-6-12(17)7-9-13/h6-9H,2-5,10H2,1H3,(H,19,21). The molecule has 110 valence electrons. The molecule has 0 radical (unpaired) electrons. The minimum absolute atomic E-state index is 0.00815. The van der Waals surface area contributed by atoms with E-state index in [2.05, 4.69) is 30.8 Å². The van der Waals surface area contributed by atoms with E-state index >= 15 is 0 Å². The summed E-state index contributed by atoms with van der Waals surface area (Å²) in [4.78, 5) is 16.8. The topological polar surface area (TPSA) is 46.9 Å². The van der Waals surface area contributed by atoms with E-state index in [0.717, 1.165) is 28.8 Å². The molecule has 1 N–H and O–H groups in total. The van der Waals surface area contributed by atoms with Gasteiger partial charge in [0, 0.05) is 15.9 Å². The third kappa shape index (κ3) is 3.18. The van der Waals surface area contributed by atoms with Gasteiger partial charge in [0.1, 0.15) is 12.4 Å². The SMILES string of the molecule is Cc1nc2c(n1CC(=O)Nc1ccc(Br)cc1)CCCC2. The number of halogens is 1. The van der Waals surface area contributed by atoms with Crippen LogP contribution in [0.2, 0.25) is 0 Å². The fourth-order valence-electron chi connectivity index (χ4n) is 2.82. The minimum atomic E-state index is -0.00815. The molecule has 4 nitrogen and oxygen atoms in total. The highest BCUT2D eigenvalue weighted by Gasteiger charge is 2.19. The van der Waals surface area contributed by atoms with Gasteiger partial charge < -0.3 is 9.88 Å². The predicted octanol–water partition coefficient (Wildman–Crippen LogP) is 3.47. The smallest absolute Gasteiger partial charge is 0.244 e. The highest BCUT2D eigenvalue weighted by Crippen LogP contribution is 2.22. The summed E-state index contributed by atoms with van der Waals surface area (Å²) in [5.74, 6) is 0.930. The zero-order valence-electron chi connectivity index (χ0n) is 12.0. The maximum absolute atomic E-state index is 12.2. The Hall–Kier alpha value is -1.62. The summed E-state index contributed by atoms with van der Waals surface area (Å²) in [6, 6.07) is 7.61. The molecular formula is C16H18BrN3O. The first-order chi connectivity index (χ1) is 10.1. The molecule has 1 amide bonds. The summed E-state index contributed by atoms with van der Waals surface area (Å²) in [6.07, 6.45) is 4.46. The highest BCUT2D eigenvalue weighted by atomic mass is 79.9. The zero-order valence-corrected chi connectivity index (χ0v) is 13.6. The Morgan fingerprint density at radius 1 is 1.29 bits per heavy atom. The molecule has 0 saturated heterocycles. The molecule has 1 heterocycles. The number of anilines is 1. The molecule has 1 aliphatic carbocycles. The Kier molecular flexibility index (Phi) is 4.10. The maximum atomic E-state index is 12.2. The third-order valence-electron chi connectivity index (χ3n) is 3.85. The lowest BCUT2D eigenvalue weighted by Crippen LogP contribution is -2.21. The van der Waals surface area contributed by atoms with Gasteiger partial charge in [0.2, 0.25) is 5.91 Å². The summed E-state index contributed by atoms with van der Waals surface area (Å²) in [6.45, 7) is 2.31. The molecule has 5 heteroatoms. The average Bonchev–Trinajstić information content (AvgIpc) is 2.78. The van der Waals surface area contributed by atoms with Gasteiger partial charge in [-0.3, -0.25) is 4.79 Å². The number of carbonyl (C=O) groups is 1. The van der Waals surface area contributed by atoms with Crippen molar-refractivity contribution in [1.82, 2.24) is 9.55 Å². The number of amides is 1. The number of nitrogens with zero attached hydrogens (tertiary/aromatic N) is 2. The lowest BCUT2D eigenvalue weighted by molar-refractivity contribution is -0.116. The molecule has 1 aliphatic rings. The number of aromatic nitrogens is 2. The van der Waals surface area contributed by atoms with Crippen molar-refractivity contribution in [3.8, 4) is 0 Å². The summed E-state index contributed by atoms with van der Waals surface area (Å²) in [5, 5.41) is 2.93. The van der Waals surface area contributed by atoms with Crippen molar-refractivity contribution in [3.05, 3.63) is 46.0 Å². The van der Waals surface area contributed by atoms with Crippen molar-refractivity contribution in [2.24, 2.45) is 0 Å².